The van der Waals surface area contributed by atoms with Crippen molar-refractivity contribution in [3.63, 3.8) is 0 Å². The number of hydrogen-bond acceptors (Lipinski definition) is 7. The molecule has 0 bridgehead atoms. The maximum absolute atomic E-state index is 12.3. The number of hydrogen-bond donors (Lipinski definition) is 0. The molecule has 8 nitrogen and oxygen atoms in total. The Morgan fingerprint density at radius 3 is 1.58 bits per heavy atom. The zero-order chi connectivity index (χ0) is 35.6. The second-order valence-electron chi connectivity index (χ2n) is 14.6. The summed E-state index contributed by atoms with van der Waals surface area (Å²) in [6.45, 7) is 5.30. The van der Waals surface area contributed by atoms with Crippen molar-refractivity contribution < 1.29 is 37.3 Å². The number of allylic oxidation sites excluding steroid dienone is 2. The number of ether oxygens (including phenoxy) is 2. The minimum Gasteiger partial charge on any atom is -0.756 e. The van der Waals surface area contributed by atoms with E-state index in [1.54, 1.807) is 0 Å². The van der Waals surface area contributed by atoms with Crippen molar-refractivity contribution >= 4 is 13.8 Å². The highest BCUT2D eigenvalue weighted by Gasteiger charge is 2.20. The first-order valence-electron chi connectivity index (χ1n) is 19.9. The van der Waals surface area contributed by atoms with E-state index in [0.29, 0.717) is 24.1 Å². The zero-order valence-corrected chi connectivity index (χ0v) is 33.1. The fraction of sp³-hybridized carbons (Fsp3) is 0.923. The molecule has 0 radical (unpaired) electrons. The molecule has 0 N–H and O–H groups in total. The first kappa shape index (κ1) is 47.2. The minimum absolute atomic E-state index is 0.0278. The van der Waals surface area contributed by atoms with Crippen molar-refractivity contribution in [1.29, 1.82) is 0 Å². The number of nitrogens with zero attached hydrogens (tertiary/aromatic N) is 1. The summed E-state index contributed by atoms with van der Waals surface area (Å²) < 4.78 is 34.2. The van der Waals surface area contributed by atoms with Crippen LogP contribution in [0.3, 0.4) is 0 Å². The summed E-state index contributed by atoms with van der Waals surface area (Å²) >= 11 is 0. The number of carbonyl (C=O) groups is 1. The summed E-state index contributed by atoms with van der Waals surface area (Å²) in [5.41, 5.74) is 0. The van der Waals surface area contributed by atoms with Gasteiger partial charge in [-0.3, -0.25) is 9.36 Å². The maximum Gasteiger partial charge on any atom is 0.306 e. The van der Waals surface area contributed by atoms with Gasteiger partial charge in [0, 0.05) is 13.0 Å². The van der Waals surface area contributed by atoms with Crippen LogP contribution in [0.2, 0.25) is 0 Å². The van der Waals surface area contributed by atoms with Gasteiger partial charge in [0.1, 0.15) is 19.3 Å². The fourth-order valence-electron chi connectivity index (χ4n) is 5.42. The lowest BCUT2D eigenvalue weighted by Crippen LogP contribution is -2.37. The van der Waals surface area contributed by atoms with E-state index in [1.165, 1.54) is 116 Å². The van der Waals surface area contributed by atoms with Gasteiger partial charge in [-0.25, -0.2) is 0 Å². The van der Waals surface area contributed by atoms with E-state index in [9.17, 15) is 14.3 Å². The molecule has 0 fully saturated rings. The quantitative estimate of drug-likeness (QED) is 0.0209. The monoisotopic (exact) mass is 704 g/mol. The number of quaternary nitrogens is 1. The predicted octanol–water partition coefficient (Wildman–Crippen LogP) is 10.5. The molecule has 0 amide bonds. The molecule has 0 aromatic rings. The van der Waals surface area contributed by atoms with Crippen molar-refractivity contribution in [2.24, 2.45) is 0 Å². The number of likely N-dealkylation sites (N-methyl/N-ethyl adjacent to an activating group) is 1. The van der Waals surface area contributed by atoms with E-state index in [4.69, 9.17) is 18.5 Å². The summed E-state index contributed by atoms with van der Waals surface area (Å²) in [4.78, 5) is 24.6. The molecule has 0 aliphatic heterocycles. The number of esters is 1. The van der Waals surface area contributed by atoms with Gasteiger partial charge in [0.25, 0.3) is 7.82 Å². The Bertz CT molecular complexity index is 787. The molecule has 2 unspecified atom stereocenters. The first-order chi connectivity index (χ1) is 23.1. The topological polar surface area (TPSA) is 94.1 Å². The van der Waals surface area contributed by atoms with Gasteiger partial charge in [0.15, 0.2) is 0 Å². The second kappa shape index (κ2) is 33.4. The van der Waals surface area contributed by atoms with Crippen LogP contribution in [0, 0.1) is 0 Å². The van der Waals surface area contributed by atoms with E-state index in [2.05, 4.69) is 26.0 Å². The van der Waals surface area contributed by atoms with Gasteiger partial charge < -0.3 is 27.9 Å². The molecular formula is C39H78NO7P. The van der Waals surface area contributed by atoms with Gasteiger partial charge in [0.05, 0.1) is 34.4 Å². The smallest absolute Gasteiger partial charge is 0.306 e. The summed E-state index contributed by atoms with van der Waals surface area (Å²) in [5.74, 6) is -0.351. The van der Waals surface area contributed by atoms with Gasteiger partial charge in [-0.1, -0.05) is 142 Å². The van der Waals surface area contributed by atoms with Gasteiger partial charge in [-0.15, -0.1) is 0 Å². The Morgan fingerprint density at radius 2 is 1.08 bits per heavy atom. The highest BCUT2D eigenvalue weighted by Crippen LogP contribution is 2.38. The molecule has 0 aliphatic rings. The average molecular weight is 704 g/mol. The van der Waals surface area contributed by atoms with Crippen LogP contribution in [-0.4, -0.2) is 70.7 Å². The SMILES string of the molecule is CCCCCCCCCC/C=C\CCCCCCCCCCCCOCC(COP(=O)([O-])OCC[N+](C)(C)C)OC(=O)CCCCCC. The molecule has 0 spiro atoms. The lowest BCUT2D eigenvalue weighted by molar-refractivity contribution is -0.870. The molecule has 0 saturated heterocycles. The Labute approximate surface area is 297 Å². The van der Waals surface area contributed by atoms with Gasteiger partial charge in [-0.05, 0) is 38.5 Å². The third-order valence-corrected chi connectivity index (χ3v) is 9.53. The molecule has 48 heavy (non-hydrogen) atoms. The molecule has 0 aromatic carbocycles. The molecule has 0 rings (SSSR count). The van der Waals surface area contributed by atoms with Crippen molar-refractivity contribution in [2.45, 2.75) is 180 Å². The Morgan fingerprint density at radius 1 is 0.625 bits per heavy atom. The van der Waals surface area contributed by atoms with Crippen molar-refractivity contribution in [1.82, 2.24) is 0 Å². The second-order valence-corrected chi connectivity index (χ2v) is 16.1. The summed E-state index contributed by atoms with van der Waals surface area (Å²) in [7, 11) is 1.36. The van der Waals surface area contributed by atoms with Crippen LogP contribution in [0.1, 0.15) is 174 Å². The highest BCUT2D eigenvalue weighted by molar-refractivity contribution is 7.45. The molecule has 286 valence electrons. The summed E-state index contributed by atoms with van der Waals surface area (Å²) in [6, 6.07) is 0. The Hall–Kier alpha value is -0.760. The van der Waals surface area contributed by atoms with E-state index in [1.807, 2.05) is 21.1 Å². The van der Waals surface area contributed by atoms with Gasteiger partial charge >= 0.3 is 5.97 Å². The molecule has 0 heterocycles. The van der Waals surface area contributed by atoms with E-state index in [-0.39, 0.29) is 25.8 Å². The highest BCUT2D eigenvalue weighted by atomic mass is 31.2. The predicted molar refractivity (Wildman–Crippen MR) is 199 cm³/mol. The lowest BCUT2D eigenvalue weighted by atomic mass is 10.1. The molecule has 2 atom stereocenters. The van der Waals surface area contributed by atoms with Gasteiger partial charge in [-0.2, -0.15) is 0 Å². The average Bonchev–Trinajstić information content (AvgIpc) is 3.03. The Kier molecular flexibility index (Phi) is 32.9. The number of rotatable bonds is 37. The van der Waals surface area contributed by atoms with Crippen molar-refractivity contribution in [3.8, 4) is 0 Å². The van der Waals surface area contributed by atoms with Crippen molar-refractivity contribution in [3.05, 3.63) is 12.2 Å². The molecule has 9 heteroatoms. The van der Waals surface area contributed by atoms with Crippen LogP contribution < -0.4 is 4.89 Å². The Balaban J connectivity index is 3.91. The molecule has 0 aromatic heterocycles. The maximum atomic E-state index is 12.3. The number of phosphoric ester groups is 1. The minimum atomic E-state index is -4.50. The van der Waals surface area contributed by atoms with Crippen LogP contribution in [0.15, 0.2) is 12.2 Å². The van der Waals surface area contributed by atoms with E-state index >= 15 is 0 Å². The fourth-order valence-corrected chi connectivity index (χ4v) is 6.15. The van der Waals surface area contributed by atoms with Crippen LogP contribution in [0.25, 0.3) is 0 Å². The molecule has 0 aliphatic carbocycles. The summed E-state index contributed by atoms with van der Waals surface area (Å²) in [6.07, 6.45) is 34.3. The number of unbranched alkanes of at least 4 members (excludes halogenated alkanes) is 21. The number of phosphoric acid groups is 1. The molecule has 0 saturated carbocycles. The lowest BCUT2D eigenvalue weighted by Gasteiger charge is -2.28. The van der Waals surface area contributed by atoms with E-state index < -0.39 is 13.9 Å². The largest absolute Gasteiger partial charge is 0.756 e. The normalized spacial score (nSPS) is 14.0. The van der Waals surface area contributed by atoms with Crippen LogP contribution in [-0.2, 0) is 27.9 Å². The summed E-state index contributed by atoms with van der Waals surface area (Å²) in [5, 5.41) is 0. The number of carbonyl (C=O) groups excluding carboxylic acids is 1. The van der Waals surface area contributed by atoms with Gasteiger partial charge in [0.2, 0.25) is 0 Å². The third-order valence-electron chi connectivity index (χ3n) is 8.57. The van der Waals surface area contributed by atoms with Crippen molar-refractivity contribution in [2.75, 3.05) is 54.1 Å². The van der Waals surface area contributed by atoms with Crippen LogP contribution in [0.4, 0.5) is 0 Å². The van der Waals surface area contributed by atoms with Crippen LogP contribution in [0.5, 0.6) is 0 Å². The standard InChI is InChI=1S/C39H78NO7P/c1-6-8-10-12-13-14-15-16-17-18-19-20-21-22-23-24-25-26-27-28-29-31-34-44-36-38(47-39(41)32-30-11-9-7-2)37-46-48(42,43)45-35-33-40(3,4)5/h18-19,38H,6-17,20-37H2,1-5H3/b19-18-. The molecular weight excluding hydrogens is 625 g/mol. The zero-order valence-electron chi connectivity index (χ0n) is 32.2. The first-order valence-corrected chi connectivity index (χ1v) is 21.4. The van der Waals surface area contributed by atoms with E-state index in [0.717, 1.165) is 38.5 Å². The third kappa shape index (κ3) is 36.5. The van der Waals surface area contributed by atoms with Crippen LogP contribution >= 0.6 is 7.82 Å².